The number of nitrogens with zero attached hydrogens (tertiary/aromatic N) is 6. The van der Waals surface area contributed by atoms with E-state index in [0.29, 0.717) is 45.9 Å². The van der Waals surface area contributed by atoms with Crippen molar-refractivity contribution in [1.82, 2.24) is 39.9 Å². The molecule has 14 heteroatoms. The van der Waals surface area contributed by atoms with E-state index in [1.165, 1.54) is 0 Å². The van der Waals surface area contributed by atoms with Crippen LogP contribution >= 0.6 is 10.7 Å². The Morgan fingerprint density at radius 3 is 0.913 bits per heavy atom. The minimum atomic E-state index is -4.19. The molecule has 0 atom stereocenters. The van der Waals surface area contributed by atoms with Gasteiger partial charge in [-0.25, -0.2) is 29.9 Å². The zero-order chi connectivity index (χ0) is 30.7. The summed E-state index contributed by atoms with van der Waals surface area (Å²) in [5.41, 5.74) is 6.45. The van der Waals surface area contributed by atoms with Crippen molar-refractivity contribution in [2.24, 2.45) is 0 Å². The van der Waals surface area contributed by atoms with Crippen molar-refractivity contribution < 1.29 is 13.0 Å². The van der Waals surface area contributed by atoms with E-state index >= 15 is 0 Å². The molecule has 8 bridgehead atoms. The normalized spacial score (nSPS) is 11.7. The summed E-state index contributed by atoms with van der Waals surface area (Å²) in [6.07, 6.45) is 0. The van der Waals surface area contributed by atoms with Gasteiger partial charge in [-0.1, -0.05) is 97.1 Å². The third-order valence-electron chi connectivity index (χ3n) is 7.46. The maximum atomic E-state index is 8.95. The smallest absolute Gasteiger partial charge is 0.324 e. The first-order valence-electron chi connectivity index (χ1n) is 13.7. The molecule has 224 valence electrons. The second kappa shape index (κ2) is 11.4. The molecule has 0 unspecified atom stereocenters. The summed E-state index contributed by atoms with van der Waals surface area (Å²) in [4.78, 5) is 36.8. The highest BCUT2D eigenvalue weighted by atomic mass is 35.7. The molecule has 0 aliphatic carbocycles. The molecule has 0 fully saturated rings. The van der Waals surface area contributed by atoms with Crippen molar-refractivity contribution in [3.63, 3.8) is 0 Å². The van der Waals surface area contributed by atoms with Crippen LogP contribution in [0.15, 0.2) is 97.1 Å². The topological polar surface area (TPSA) is 163 Å². The van der Waals surface area contributed by atoms with Gasteiger partial charge in [0.1, 0.15) is 22.6 Å². The van der Waals surface area contributed by atoms with Crippen LogP contribution in [0.2, 0.25) is 0 Å². The molecule has 11 nitrogen and oxygen atoms in total. The number of halogens is 1. The molecule has 0 saturated carbocycles. The first-order valence-corrected chi connectivity index (χ1v) is 15.9. The number of benzene rings is 4. The Balaban J connectivity index is 0.000000526. The van der Waals surface area contributed by atoms with Crippen LogP contribution in [0, 0.1) is 0 Å². The summed E-state index contributed by atoms with van der Waals surface area (Å²) in [6.45, 7) is 0. The number of fused-ring (bicyclic) bond motifs is 20. The van der Waals surface area contributed by atoms with Gasteiger partial charge in [-0.2, -0.15) is 8.42 Å². The number of hydrogen-bond acceptors (Lipinski definition) is 8. The molecule has 0 amide bonds. The Morgan fingerprint density at radius 2 is 0.674 bits per heavy atom. The molecular formula is C32H22AlClN8O3S. The molecule has 0 radical (unpaired) electrons. The number of aromatic amines is 2. The highest BCUT2D eigenvalue weighted by Gasteiger charge is 2.21. The van der Waals surface area contributed by atoms with E-state index in [-0.39, 0.29) is 17.4 Å². The van der Waals surface area contributed by atoms with Crippen molar-refractivity contribution >= 4 is 81.5 Å². The van der Waals surface area contributed by atoms with Crippen molar-refractivity contribution in [1.29, 1.82) is 0 Å². The molecule has 4 aromatic carbocycles. The first-order chi connectivity index (χ1) is 21.8. The van der Waals surface area contributed by atoms with Crippen LogP contribution in [-0.2, 0) is 9.33 Å². The molecule has 5 heterocycles. The summed E-state index contributed by atoms with van der Waals surface area (Å²) in [6, 6.07) is 32.2. The van der Waals surface area contributed by atoms with Crippen LogP contribution in [-0.4, -0.2) is 70.2 Å². The minimum Gasteiger partial charge on any atom is -0.324 e. The molecule has 0 spiro atoms. The van der Waals surface area contributed by atoms with Crippen molar-refractivity contribution in [3.05, 3.63) is 97.1 Å². The quantitative estimate of drug-likeness (QED) is 0.105. The Labute approximate surface area is 275 Å². The third-order valence-corrected chi connectivity index (χ3v) is 7.46. The van der Waals surface area contributed by atoms with Crippen LogP contribution in [0.3, 0.4) is 0 Å². The van der Waals surface area contributed by atoms with Crippen LogP contribution in [0.1, 0.15) is 0 Å². The molecule has 46 heavy (non-hydrogen) atoms. The van der Waals surface area contributed by atoms with E-state index in [1.54, 1.807) is 0 Å². The Bertz CT molecular complexity index is 2300. The van der Waals surface area contributed by atoms with Gasteiger partial charge in [0.25, 0.3) is 0 Å². The lowest BCUT2D eigenvalue weighted by Gasteiger charge is -1.96. The standard InChI is InChI=1S/C32H18N8.Al.ClHO3S.3H/c1-2-10-18-17(9-1)25-33-26(18)38-28-21-13-5-6-14-22(21)30(35-28)40-32-24-16-8-7-15-23(24)31(36-32)39-29-20-12-4-3-11-19(20)27(34-29)37-25;;1-5(2,3)4;;;/h1-16H,(H2,33,34,35,36,37,38,39,40);;(H,2,3,4);;;. The van der Waals surface area contributed by atoms with Crippen molar-refractivity contribution in [2.45, 2.75) is 0 Å². The fourth-order valence-electron chi connectivity index (χ4n) is 5.59. The Hall–Kier alpha value is -5.03. The van der Waals surface area contributed by atoms with E-state index in [4.69, 9.17) is 42.9 Å². The SMILES string of the molecule is O=S(=O)(O)Cl.[AlH3].c1ccc2c(c1)-c1nc-2nc2[nH]c(nc3nc(nc4[nH]c(n1)c1ccccc41)-c1ccccc1-3)c1ccccc21. The van der Waals surface area contributed by atoms with Gasteiger partial charge < -0.3 is 9.97 Å². The summed E-state index contributed by atoms with van der Waals surface area (Å²) in [5.74, 6) is 2.39. The van der Waals surface area contributed by atoms with Gasteiger partial charge in [0.2, 0.25) is 0 Å². The number of aromatic nitrogens is 8. The summed E-state index contributed by atoms with van der Waals surface area (Å²) >= 11 is 0. The summed E-state index contributed by atoms with van der Waals surface area (Å²) in [7, 11) is -0.137. The largest absolute Gasteiger partial charge is 0.353 e. The van der Waals surface area contributed by atoms with Crippen molar-refractivity contribution in [2.75, 3.05) is 0 Å². The molecule has 7 aromatic rings. The van der Waals surface area contributed by atoms with Crippen LogP contribution in [0.5, 0.6) is 0 Å². The Kier molecular flexibility index (Phi) is 7.35. The maximum absolute atomic E-state index is 8.95. The van der Waals surface area contributed by atoms with Gasteiger partial charge in [0.05, 0.1) is 0 Å². The van der Waals surface area contributed by atoms with E-state index in [0.717, 1.165) is 43.8 Å². The first kappa shape index (κ1) is 29.7. The average Bonchev–Trinajstić information content (AvgIpc) is 3.76. The van der Waals surface area contributed by atoms with Gasteiger partial charge in [-0.3, -0.25) is 4.55 Å². The molecule has 0 saturated heterocycles. The lowest BCUT2D eigenvalue weighted by molar-refractivity contribution is 0.501. The Morgan fingerprint density at radius 1 is 0.457 bits per heavy atom. The highest BCUT2D eigenvalue weighted by Crippen LogP contribution is 2.36. The zero-order valence-electron chi connectivity index (χ0n) is 23.0. The number of nitrogens with one attached hydrogen (secondary N) is 2. The van der Waals surface area contributed by atoms with Crippen molar-refractivity contribution in [3.8, 4) is 45.6 Å². The second-order valence-electron chi connectivity index (χ2n) is 10.2. The number of H-pyrrole nitrogens is 2. The number of hydrogen-bond donors (Lipinski definition) is 3. The lowest BCUT2D eigenvalue weighted by Crippen LogP contribution is -1.82. The molecule has 2 aliphatic rings. The van der Waals surface area contributed by atoms with Gasteiger partial charge in [0.15, 0.2) is 40.7 Å². The van der Waals surface area contributed by atoms with E-state index in [2.05, 4.69) is 20.7 Å². The van der Waals surface area contributed by atoms with Crippen LogP contribution in [0.4, 0.5) is 0 Å². The predicted octanol–water partition coefficient (Wildman–Crippen LogP) is 5.71. The van der Waals surface area contributed by atoms with E-state index < -0.39 is 9.33 Å². The second-order valence-corrected chi connectivity index (χ2v) is 12.2. The van der Waals surface area contributed by atoms with Gasteiger partial charge in [0, 0.05) is 54.5 Å². The summed E-state index contributed by atoms with van der Waals surface area (Å²) < 4.78 is 25.2. The molecule has 2 aliphatic heterocycles. The fraction of sp³-hybridized carbons (Fsp3) is 0. The van der Waals surface area contributed by atoms with Gasteiger partial charge in [-0.05, 0) is 0 Å². The monoisotopic (exact) mass is 660 g/mol. The molecule has 3 aromatic heterocycles. The molecule has 9 rings (SSSR count). The van der Waals surface area contributed by atoms with Gasteiger partial charge in [-0.15, -0.1) is 0 Å². The van der Waals surface area contributed by atoms with Gasteiger partial charge >= 0.3 is 9.33 Å². The third kappa shape index (κ3) is 5.30. The lowest BCUT2D eigenvalue weighted by atomic mass is 10.1. The van der Waals surface area contributed by atoms with Crippen LogP contribution in [0.25, 0.3) is 89.7 Å². The summed E-state index contributed by atoms with van der Waals surface area (Å²) in [5, 5.41) is 3.82. The minimum absolute atomic E-state index is 0. The predicted molar refractivity (Wildman–Crippen MR) is 183 cm³/mol. The van der Waals surface area contributed by atoms with E-state index in [9.17, 15) is 0 Å². The van der Waals surface area contributed by atoms with E-state index in [1.807, 2.05) is 97.1 Å². The molecular weight excluding hydrogens is 639 g/mol. The molecule has 3 N–H and O–H groups in total. The highest BCUT2D eigenvalue weighted by molar-refractivity contribution is 8.09. The maximum Gasteiger partial charge on any atom is 0.353 e. The van der Waals surface area contributed by atoms with Crippen LogP contribution < -0.4 is 0 Å². The number of rotatable bonds is 0. The average molecular weight is 661 g/mol. The zero-order valence-corrected chi connectivity index (χ0v) is 24.5. The fourth-order valence-corrected chi connectivity index (χ4v) is 5.59.